The fraction of sp³-hybridized carbons (Fsp3) is 0.429. The number of Topliss-reactive ketones (excluding diaryl/α,β-unsaturated/α-hetero) is 1. The molecule has 3 heteroatoms. The quantitative estimate of drug-likeness (QED) is 0.853. The number of H-pyrrole nitrogens is 1. The van der Waals surface area contributed by atoms with E-state index in [0.29, 0.717) is 12.2 Å². The van der Waals surface area contributed by atoms with Gasteiger partial charge in [0.25, 0.3) is 0 Å². The minimum Gasteiger partial charge on any atom is -0.294 e. The summed E-state index contributed by atoms with van der Waals surface area (Å²) in [6, 6.07) is 10.4. The largest absolute Gasteiger partial charge is 0.294 e. The van der Waals surface area contributed by atoms with Gasteiger partial charge in [0.05, 0.1) is 5.69 Å². The minimum absolute atomic E-state index is 0.0381. The number of allylic oxidation sites excluding steroid dienone is 2. The van der Waals surface area contributed by atoms with Crippen LogP contribution in [0.25, 0.3) is 0 Å². The van der Waals surface area contributed by atoms with E-state index in [1.807, 2.05) is 6.07 Å². The molecule has 0 fully saturated rings. The molecule has 0 spiro atoms. The van der Waals surface area contributed by atoms with Crippen LogP contribution in [-0.2, 0) is 16.6 Å². The molecule has 1 aromatic heterocycles. The van der Waals surface area contributed by atoms with Crippen LogP contribution in [0.4, 0.5) is 0 Å². The monoisotopic (exact) mass is 320 g/mol. The lowest BCUT2D eigenvalue weighted by Gasteiger charge is -2.43. The number of benzene rings is 1. The number of rotatable bonds is 1. The molecule has 1 aromatic carbocycles. The van der Waals surface area contributed by atoms with Gasteiger partial charge in [0.15, 0.2) is 5.78 Å². The van der Waals surface area contributed by atoms with Crippen molar-refractivity contribution in [3.63, 3.8) is 0 Å². The standard InChI is InChI=1S/C21H24N2O/c1-13-18-16(23-22-13)10-14-11-20(2,3)12-17(24)19(14)21(18,4)15-8-6-5-7-9-15/h5-9H,10-12H2,1-4H3,(H,22,23)/t21-/m1/s1. The Morgan fingerprint density at radius 2 is 1.79 bits per heavy atom. The molecule has 2 aliphatic carbocycles. The molecule has 1 heterocycles. The number of aromatic nitrogens is 2. The number of hydrogen-bond donors (Lipinski definition) is 1. The van der Waals surface area contributed by atoms with Crippen LogP contribution in [0.1, 0.15) is 56.1 Å². The first-order valence-corrected chi connectivity index (χ1v) is 8.68. The first kappa shape index (κ1) is 15.4. The topological polar surface area (TPSA) is 45.8 Å². The van der Waals surface area contributed by atoms with Gasteiger partial charge in [-0.3, -0.25) is 9.89 Å². The van der Waals surface area contributed by atoms with Crippen molar-refractivity contribution in [2.45, 2.75) is 52.4 Å². The summed E-state index contributed by atoms with van der Waals surface area (Å²) in [5.74, 6) is 0.304. The maximum atomic E-state index is 13.2. The Labute approximate surface area is 143 Å². The molecule has 3 nitrogen and oxygen atoms in total. The van der Waals surface area contributed by atoms with Gasteiger partial charge in [-0.1, -0.05) is 49.8 Å². The van der Waals surface area contributed by atoms with E-state index < -0.39 is 5.41 Å². The Morgan fingerprint density at radius 3 is 2.50 bits per heavy atom. The number of carbonyl (C=O) groups excluding carboxylic acids is 1. The molecule has 0 radical (unpaired) electrons. The SMILES string of the molecule is Cc1[nH]nc2c1[C@@](C)(c1ccccc1)C1=C(C2)CC(C)(C)CC1=O. The first-order chi connectivity index (χ1) is 11.3. The zero-order chi connectivity index (χ0) is 17.1. The molecular formula is C21H24N2O. The number of nitrogens with one attached hydrogen (secondary N) is 1. The molecular weight excluding hydrogens is 296 g/mol. The number of aromatic amines is 1. The van der Waals surface area contributed by atoms with E-state index in [1.165, 1.54) is 16.7 Å². The van der Waals surface area contributed by atoms with E-state index in [-0.39, 0.29) is 5.41 Å². The predicted molar refractivity (Wildman–Crippen MR) is 95.0 cm³/mol. The fourth-order valence-electron chi connectivity index (χ4n) is 4.89. The number of hydrogen-bond acceptors (Lipinski definition) is 2. The summed E-state index contributed by atoms with van der Waals surface area (Å²) in [6.07, 6.45) is 2.40. The molecule has 4 rings (SSSR count). The molecule has 124 valence electrons. The highest BCUT2D eigenvalue weighted by Gasteiger charge is 2.48. The molecule has 0 saturated carbocycles. The molecule has 1 N–H and O–H groups in total. The highest BCUT2D eigenvalue weighted by molar-refractivity contribution is 6.01. The van der Waals surface area contributed by atoms with Gasteiger partial charge in [-0.15, -0.1) is 0 Å². The van der Waals surface area contributed by atoms with Crippen molar-refractivity contribution in [3.8, 4) is 0 Å². The predicted octanol–water partition coefficient (Wildman–Crippen LogP) is 4.27. The lowest BCUT2D eigenvalue weighted by Crippen LogP contribution is -2.41. The third kappa shape index (κ3) is 2.03. The van der Waals surface area contributed by atoms with Crippen LogP contribution < -0.4 is 0 Å². The average Bonchev–Trinajstić information content (AvgIpc) is 2.88. The fourth-order valence-corrected chi connectivity index (χ4v) is 4.89. The van der Waals surface area contributed by atoms with Crippen molar-refractivity contribution in [1.29, 1.82) is 0 Å². The smallest absolute Gasteiger partial charge is 0.160 e. The third-order valence-electron chi connectivity index (χ3n) is 5.72. The van der Waals surface area contributed by atoms with E-state index in [9.17, 15) is 4.79 Å². The van der Waals surface area contributed by atoms with E-state index >= 15 is 0 Å². The molecule has 0 saturated heterocycles. The summed E-state index contributed by atoms with van der Waals surface area (Å²) in [7, 11) is 0. The molecule has 0 unspecified atom stereocenters. The number of ketones is 1. The summed E-state index contributed by atoms with van der Waals surface area (Å²) in [5, 5.41) is 7.73. The number of carbonyl (C=O) groups is 1. The van der Waals surface area contributed by atoms with Crippen molar-refractivity contribution >= 4 is 5.78 Å². The van der Waals surface area contributed by atoms with Crippen molar-refractivity contribution < 1.29 is 4.79 Å². The van der Waals surface area contributed by atoms with Gasteiger partial charge in [0.1, 0.15) is 0 Å². The second-order valence-electron chi connectivity index (χ2n) is 8.26. The van der Waals surface area contributed by atoms with Crippen LogP contribution in [0, 0.1) is 12.3 Å². The number of fused-ring (bicyclic) bond motifs is 1. The van der Waals surface area contributed by atoms with Gasteiger partial charge < -0.3 is 0 Å². The molecule has 2 aliphatic rings. The zero-order valence-corrected chi connectivity index (χ0v) is 14.9. The Hall–Kier alpha value is -2.16. The zero-order valence-electron chi connectivity index (χ0n) is 14.9. The lowest BCUT2D eigenvalue weighted by atomic mass is 9.58. The van der Waals surface area contributed by atoms with Crippen LogP contribution in [0.15, 0.2) is 41.5 Å². The second-order valence-corrected chi connectivity index (χ2v) is 8.26. The Kier molecular flexibility index (Phi) is 3.15. The van der Waals surface area contributed by atoms with E-state index in [2.05, 4.69) is 62.2 Å². The van der Waals surface area contributed by atoms with Gasteiger partial charge >= 0.3 is 0 Å². The van der Waals surface area contributed by atoms with Gasteiger partial charge in [-0.25, -0.2) is 0 Å². The van der Waals surface area contributed by atoms with Crippen LogP contribution in [-0.4, -0.2) is 16.0 Å². The van der Waals surface area contributed by atoms with Crippen LogP contribution in [0.2, 0.25) is 0 Å². The summed E-state index contributed by atoms with van der Waals surface area (Å²) in [5.41, 5.74) is 6.47. The van der Waals surface area contributed by atoms with Crippen molar-refractivity contribution in [3.05, 3.63) is 64.0 Å². The third-order valence-corrected chi connectivity index (χ3v) is 5.72. The van der Waals surface area contributed by atoms with Crippen LogP contribution in [0.3, 0.4) is 0 Å². The normalized spacial score (nSPS) is 25.4. The van der Waals surface area contributed by atoms with Gasteiger partial charge in [-0.05, 0) is 31.2 Å². The number of aryl methyl sites for hydroxylation is 1. The van der Waals surface area contributed by atoms with Crippen molar-refractivity contribution in [2.75, 3.05) is 0 Å². The summed E-state index contributed by atoms with van der Waals surface area (Å²) < 4.78 is 0. The Balaban J connectivity index is 2.02. The summed E-state index contributed by atoms with van der Waals surface area (Å²) in [6.45, 7) is 8.66. The minimum atomic E-state index is -0.408. The molecule has 24 heavy (non-hydrogen) atoms. The maximum Gasteiger partial charge on any atom is 0.160 e. The molecule has 1 atom stereocenters. The molecule has 0 bridgehead atoms. The van der Waals surface area contributed by atoms with Gasteiger partial charge in [-0.2, -0.15) is 5.10 Å². The summed E-state index contributed by atoms with van der Waals surface area (Å²) in [4.78, 5) is 13.2. The average molecular weight is 320 g/mol. The van der Waals surface area contributed by atoms with Gasteiger partial charge in [0, 0.05) is 35.1 Å². The van der Waals surface area contributed by atoms with Crippen molar-refractivity contribution in [2.24, 2.45) is 5.41 Å². The summed E-state index contributed by atoms with van der Waals surface area (Å²) >= 11 is 0. The highest BCUT2D eigenvalue weighted by Crippen LogP contribution is 2.52. The second kappa shape index (κ2) is 4.92. The van der Waals surface area contributed by atoms with E-state index in [1.54, 1.807) is 0 Å². The maximum absolute atomic E-state index is 13.2. The highest BCUT2D eigenvalue weighted by atomic mass is 16.1. The van der Waals surface area contributed by atoms with Crippen LogP contribution in [0.5, 0.6) is 0 Å². The lowest BCUT2D eigenvalue weighted by molar-refractivity contribution is -0.118. The van der Waals surface area contributed by atoms with Gasteiger partial charge in [0.2, 0.25) is 0 Å². The molecule has 0 aliphatic heterocycles. The Bertz CT molecular complexity index is 857. The number of nitrogens with zero attached hydrogens (tertiary/aromatic N) is 1. The van der Waals surface area contributed by atoms with Crippen molar-refractivity contribution in [1.82, 2.24) is 10.2 Å². The van der Waals surface area contributed by atoms with E-state index in [4.69, 9.17) is 0 Å². The first-order valence-electron chi connectivity index (χ1n) is 8.68. The van der Waals surface area contributed by atoms with E-state index in [0.717, 1.165) is 29.8 Å². The Morgan fingerprint density at radius 1 is 1.08 bits per heavy atom. The molecule has 2 aromatic rings. The molecule has 0 amide bonds. The van der Waals surface area contributed by atoms with Crippen LogP contribution >= 0.6 is 0 Å².